The van der Waals surface area contributed by atoms with Crippen LogP contribution < -0.4 is 4.90 Å². The minimum absolute atomic E-state index is 0.100. The summed E-state index contributed by atoms with van der Waals surface area (Å²) in [5.74, 6) is 0.0604. The molecule has 1 aliphatic heterocycles. The average molecular weight is 476 g/mol. The smallest absolute Gasteiger partial charge is 0.335 e. The molecule has 1 amide bonds. The summed E-state index contributed by atoms with van der Waals surface area (Å²) in [6.07, 6.45) is 2.54. The molecule has 7 nitrogen and oxygen atoms in total. The summed E-state index contributed by atoms with van der Waals surface area (Å²) in [6, 6.07) is 17.9. The highest BCUT2D eigenvalue weighted by Gasteiger charge is 2.33. The van der Waals surface area contributed by atoms with Gasteiger partial charge in [0.15, 0.2) is 5.17 Å². The Balaban J connectivity index is 1.62. The molecule has 0 radical (unpaired) electrons. The first kappa shape index (κ1) is 23.4. The lowest BCUT2D eigenvalue weighted by atomic mass is 10.1. The summed E-state index contributed by atoms with van der Waals surface area (Å²) in [4.78, 5) is 33.3. The molecule has 1 N–H and O–H groups in total. The topological polar surface area (TPSA) is 86.3 Å². The largest absolute Gasteiger partial charge is 0.478 e. The normalized spacial score (nSPS) is 16.0. The van der Waals surface area contributed by atoms with E-state index in [9.17, 15) is 9.59 Å². The van der Waals surface area contributed by atoms with Gasteiger partial charge < -0.3 is 14.4 Å². The van der Waals surface area contributed by atoms with Gasteiger partial charge in [-0.2, -0.15) is 0 Å². The van der Waals surface area contributed by atoms with Gasteiger partial charge in [-0.3, -0.25) is 9.69 Å². The molecule has 0 aliphatic carbocycles. The number of anilines is 1. The molecule has 1 fully saturated rings. The first-order valence-electron chi connectivity index (χ1n) is 10.9. The van der Waals surface area contributed by atoms with E-state index in [1.807, 2.05) is 50.2 Å². The number of amides is 1. The van der Waals surface area contributed by atoms with Crippen LogP contribution in [0, 0.1) is 0 Å². The number of benzene rings is 2. The molecule has 3 aromatic rings. The lowest BCUT2D eigenvalue weighted by Gasteiger charge is -2.17. The van der Waals surface area contributed by atoms with Crippen LogP contribution in [0.2, 0.25) is 0 Å². The van der Waals surface area contributed by atoms with Crippen molar-refractivity contribution >= 4 is 46.3 Å². The first-order valence-corrected chi connectivity index (χ1v) is 11.7. The third-order valence-corrected chi connectivity index (χ3v) is 6.24. The van der Waals surface area contributed by atoms with Crippen LogP contribution in [0.15, 0.2) is 75.0 Å². The number of carbonyl (C=O) groups is 2. The Morgan fingerprint density at radius 3 is 2.53 bits per heavy atom. The average Bonchev–Trinajstić information content (AvgIpc) is 3.40. The number of nitrogens with zero attached hydrogens (tertiary/aromatic N) is 3. The van der Waals surface area contributed by atoms with Crippen molar-refractivity contribution in [1.29, 1.82) is 0 Å². The number of carboxylic acid groups (broad SMARTS) is 1. The minimum Gasteiger partial charge on any atom is -0.478 e. The number of carbonyl (C=O) groups excluding carboxylic acids is 1. The predicted molar refractivity (Wildman–Crippen MR) is 137 cm³/mol. The number of hydrogen-bond acceptors (Lipinski definition) is 6. The number of rotatable bonds is 7. The second kappa shape index (κ2) is 10.0. The van der Waals surface area contributed by atoms with Gasteiger partial charge in [-0.05, 0) is 54.6 Å². The molecule has 8 heteroatoms. The summed E-state index contributed by atoms with van der Waals surface area (Å²) >= 11 is 1.33. The minimum atomic E-state index is -0.976. The number of amidine groups is 1. The van der Waals surface area contributed by atoms with E-state index in [0.717, 1.165) is 23.4 Å². The molecule has 0 saturated carbocycles. The molecule has 0 atom stereocenters. The standard InChI is InChI=1S/C26H25N3O4S/c1-4-15-29-24(30)23(34-26(29)27-20-7-5-6-8-21(20)28(2)3)16-19-13-14-22(33-19)17-9-11-18(12-10-17)25(31)32/h5-14,16H,4,15H2,1-3H3,(H,31,32)/b23-16-,27-26?. The quantitative estimate of drug-likeness (QED) is 0.440. The first-order chi connectivity index (χ1) is 16.4. The fraction of sp³-hybridized carbons (Fsp3) is 0.192. The van der Waals surface area contributed by atoms with Crippen LogP contribution in [-0.2, 0) is 4.79 Å². The molecule has 174 valence electrons. The van der Waals surface area contributed by atoms with Crippen molar-refractivity contribution in [2.24, 2.45) is 4.99 Å². The maximum absolute atomic E-state index is 13.1. The zero-order chi connectivity index (χ0) is 24.2. The zero-order valence-electron chi connectivity index (χ0n) is 19.2. The SMILES string of the molecule is CCCN1C(=O)/C(=C/c2ccc(-c3ccc(C(=O)O)cc3)o2)SC1=Nc1ccccc1N(C)C. The number of furan rings is 1. The number of aliphatic imine (C=N–C) groups is 1. The van der Waals surface area contributed by atoms with Gasteiger partial charge in [0.1, 0.15) is 11.5 Å². The van der Waals surface area contributed by atoms with E-state index in [0.29, 0.717) is 28.1 Å². The van der Waals surface area contributed by atoms with Crippen molar-refractivity contribution in [1.82, 2.24) is 4.90 Å². The molecule has 4 rings (SSSR count). The highest BCUT2D eigenvalue weighted by Crippen LogP contribution is 2.37. The monoisotopic (exact) mass is 475 g/mol. The van der Waals surface area contributed by atoms with E-state index in [-0.39, 0.29) is 11.5 Å². The maximum Gasteiger partial charge on any atom is 0.335 e. The van der Waals surface area contributed by atoms with E-state index in [4.69, 9.17) is 14.5 Å². The number of hydrogen-bond donors (Lipinski definition) is 1. The Morgan fingerprint density at radius 1 is 1.12 bits per heavy atom. The second-order valence-electron chi connectivity index (χ2n) is 7.93. The number of para-hydroxylation sites is 2. The Hall–Kier alpha value is -3.78. The molecule has 1 saturated heterocycles. The molecule has 34 heavy (non-hydrogen) atoms. The van der Waals surface area contributed by atoms with E-state index in [2.05, 4.69) is 0 Å². The van der Waals surface area contributed by atoms with Crippen molar-refractivity contribution in [3.8, 4) is 11.3 Å². The van der Waals surface area contributed by atoms with Crippen LogP contribution in [0.3, 0.4) is 0 Å². The van der Waals surface area contributed by atoms with E-state index < -0.39 is 5.97 Å². The Bertz CT molecular complexity index is 1280. The maximum atomic E-state index is 13.1. The number of thioether (sulfide) groups is 1. The molecule has 2 aromatic carbocycles. The fourth-order valence-electron chi connectivity index (χ4n) is 3.54. The summed E-state index contributed by atoms with van der Waals surface area (Å²) < 4.78 is 5.93. The van der Waals surface area contributed by atoms with E-state index in [1.165, 1.54) is 23.9 Å². The van der Waals surface area contributed by atoms with E-state index in [1.54, 1.807) is 35.2 Å². The highest BCUT2D eigenvalue weighted by molar-refractivity contribution is 8.18. The summed E-state index contributed by atoms with van der Waals surface area (Å²) in [7, 11) is 3.93. The lowest BCUT2D eigenvalue weighted by molar-refractivity contribution is -0.122. The summed E-state index contributed by atoms with van der Waals surface area (Å²) in [6.45, 7) is 2.60. The van der Waals surface area contributed by atoms with Crippen LogP contribution in [-0.4, -0.2) is 47.7 Å². The van der Waals surface area contributed by atoms with Gasteiger partial charge in [0, 0.05) is 32.3 Å². The van der Waals surface area contributed by atoms with Crippen LogP contribution in [0.1, 0.15) is 29.5 Å². The van der Waals surface area contributed by atoms with Gasteiger partial charge in [-0.15, -0.1) is 0 Å². The molecule has 2 heterocycles. The highest BCUT2D eigenvalue weighted by atomic mass is 32.2. The zero-order valence-corrected chi connectivity index (χ0v) is 20.0. The summed E-state index contributed by atoms with van der Waals surface area (Å²) in [5.41, 5.74) is 2.75. The van der Waals surface area contributed by atoms with Crippen molar-refractivity contribution in [3.05, 3.63) is 76.9 Å². The van der Waals surface area contributed by atoms with Crippen LogP contribution >= 0.6 is 11.8 Å². The number of carboxylic acids is 1. The van der Waals surface area contributed by atoms with Crippen molar-refractivity contribution in [2.45, 2.75) is 13.3 Å². The second-order valence-corrected chi connectivity index (χ2v) is 8.94. The van der Waals surface area contributed by atoms with Crippen molar-refractivity contribution in [2.75, 3.05) is 25.5 Å². The summed E-state index contributed by atoms with van der Waals surface area (Å²) in [5, 5.41) is 9.71. The Morgan fingerprint density at radius 2 is 1.85 bits per heavy atom. The van der Waals surface area contributed by atoms with E-state index >= 15 is 0 Å². The fourth-order valence-corrected chi connectivity index (χ4v) is 4.54. The predicted octanol–water partition coefficient (Wildman–Crippen LogP) is 5.72. The molecule has 0 spiro atoms. The molecular weight excluding hydrogens is 450 g/mol. The molecular formula is C26H25N3O4S. The third-order valence-electron chi connectivity index (χ3n) is 5.23. The molecule has 1 aliphatic rings. The van der Waals surface area contributed by atoms with Gasteiger partial charge in [0.25, 0.3) is 5.91 Å². The van der Waals surface area contributed by atoms with Crippen LogP contribution in [0.4, 0.5) is 11.4 Å². The van der Waals surface area contributed by atoms with Gasteiger partial charge in [-0.1, -0.05) is 31.2 Å². The Labute approximate surface area is 202 Å². The van der Waals surface area contributed by atoms with Gasteiger partial charge in [0.05, 0.1) is 21.8 Å². The van der Waals surface area contributed by atoms with Crippen molar-refractivity contribution < 1.29 is 19.1 Å². The van der Waals surface area contributed by atoms with Gasteiger partial charge >= 0.3 is 5.97 Å². The molecule has 1 aromatic heterocycles. The number of aromatic carboxylic acids is 1. The third kappa shape index (κ3) is 4.92. The van der Waals surface area contributed by atoms with Gasteiger partial charge in [-0.25, -0.2) is 9.79 Å². The molecule has 0 bridgehead atoms. The molecule has 0 unspecified atom stereocenters. The lowest BCUT2D eigenvalue weighted by Crippen LogP contribution is -2.29. The van der Waals surface area contributed by atoms with Crippen LogP contribution in [0.25, 0.3) is 17.4 Å². The Kier molecular flexibility index (Phi) is 6.88. The van der Waals surface area contributed by atoms with Gasteiger partial charge in [0.2, 0.25) is 0 Å². The van der Waals surface area contributed by atoms with Crippen LogP contribution in [0.5, 0.6) is 0 Å². The van der Waals surface area contributed by atoms with Crippen molar-refractivity contribution in [3.63, 3.8) is 0 Å².